The van der Waals surface area contributed by atoms with Gasteiger partial charge in [0, 0.05) is 11.5 Å². The Labute approximate surface area is 94.0 Å². The number of hydrogen-bond donors (Lipinski definition) is 1. The third kappa shape index (κ3) is 1.67. The van der Waals surface area contributed by atoms with Gasteiger partial charge in [0.25, 0.3) is 0 Å². The second kappa shape index (κ2) is 3.78. The Morgan fingerprint density at radius 2 is 2.18 bits per heavy atom. The van der Waals surface area contributed by atoms with Crippen LogP contribution in [0, 0.1) is 10.1 Å². The predicted octanol–water partition coefficient (Wildman–Crippen LogP) is 1.42. The van der Waals surface area contributed by atoms with E-state index in [2.05, 4.69) is 0 Å². The number of nitro benzene ring substituents is 1. The Morgan fingerprint density at radius 1 is 1.47 bits per heavy atom. The van der Waals surface area contributed by atoms with Crippen LogP contribution in [0.4, 0.5) is 5.69 Å². The van der Waals surface area contributed by atoms with Crippen LogP contribution in [0.15, 0.2) is 27.4 Å². The highest BCUT2D eigenvalue weighted by molar-refractivity contribution is 5.89. The zero-order valence-electron chi connectivity index (χ0n) is 8.67. The second-order valence-electron chi connectivity index (χ2n) is 3.21. The van der Waals surface area contributed by atoms with E-state index < -0.39 is 22.0 Å². The fourth-order valence-electron chi connectivity index (χ4n) is 1.52. The van der Waals surface area contributed by atoms with Crippen LogP contribution in [0.25, 0.3) is 11.0 Å². The topological polar surface area (TPSA) is 103 Å². The second-order valence-corrected chi connectivity index (χ2v) is 3.21. The zero-order chi connectivity index (χ0) is 12.6. The lowest BCUT2D eigenvalue weighted by atomic mass is 10.2. The van der Waals surface area contributed by atoms with Gasteiger partial charge in [0.1, 0.15) is 0 Å². The molecule has 0 saturated carbocycles. The number of ether oxygens (including phenoxy) is 1. The average molecular weight is 237 g/mol. The van der Waals surface area contributed by atoms with E-state index in [-0.39, 0.29) is 11.3 Å². The van der Waals surface area contributed by atoms with Crippen LogP contribution >= 0.6 is 0 Å². The molecule has 0 bridgehead atoms. The lowest BCUT2D eigenvalue weighted by molar-refractivity contribution is -0.386. The Balaban J connectivity index is 2.97. The molecule has 1 N–H and O–H groups in total. The molecule has 7 heteroatoms. The molecular weight excluding hydrogens is 230 g/mol. The summed E-state index contributed by atoms with van der Waals surface area (Å²) in [5.74, 6) is -0.823. The van der Waals surface area contributed by atoms with E-state index in [0.29, 0.717) is 5.39 Å². The molecule has 0 fully saturated rings. The van der Waals surface area contributed by atoms with Crippen LogP contribution in [0.1, 0.15) is 0 Å². The molecule has 88 valence electrons. The molecule has 1 aromatic heterocycles. The molecular formula is C10H7NO6. The summed E-state index contributed by atoms with van der Waals surface area (Å²) in [4.78, 5) is 21.0. The number of aromatic hydroxyl groups is 1. The number of fused-ring (bicyclic) bond motifs is 1. The molecule has 2 rings (SSSR count). The van der Waals surface area contributed by atoms with Gasteiger partial charge < -0.3 is 14.3 Å². The van der Waals surface area contributed by atoms with Gasteiger partial charge in [-0.05, 0) is 12.1 Å². The number of nitro groups is 1. The summed E-state index contributed by atoms with van der Waals surface area (Å²) in [6, 6.07) is 3.67. The maximum Gasteiger partial charge on any atom is 0.356 e. The zero-order valence-corrected chi connectivity index (χ0v) is 8.67. The maximum absolute atomic E-state index is 11.1. The molecule has 1 heterocycles. The van der Waals surface area contributed by atoms with Crippen molar-refractivity contribution in [3.8, 4) is 11.5 Å². The number of benzene rings is 1. The predicted molar refractivity (Wildman–Crippen MR) is 57.4 cm³/mol. The minimum Gasteiger partial charge on any atom is -0.502 e. The quantitative estimate of drug-likeness (QED) is 0.481. The average Bonchev–Trinajstić information content (AvgIpc) is 2.27. The monoisotopic (exact) mass is 237 g/mol. The molecule has 0 radical (unpaired) electrons. The Hall–Kier alpha value is -2.57. The van der Waals surface area contributed by atoms with E-state index in [0.717, 1.165) is 12.1 Å². The van der Waals surface area contributed by atoms with Crippen molar-refractivity contribution in [2.45, 2.75) is 0 Å². The third-order valence-corrected chi connectivity index (χ3v) is 2.21. The van der Waals surface area contributed by atoms with Crippen molar-refractivity contribution in [2.24, 2.45) is 0 Å². The van der Waals surface area contributed by atoms with Gasteiger partial charge in [0.2, 0.25) is 5.75 Å². The van der Waals surface area contributed by atoms with Gasteiger partial charge in [-0.1, -0.05) is 0 Å². The molecule has 1 aromatic carbocycles. The van der Waals surface area contributed by atoms with E-state index in [1.54, 1.807) is 0 Å². The van der Waals surface area contributed by atoms with E-state index in [1.165, 1.54) is 13.2 Å². The van der Waals surface area contributed by atoms with Gasteiger partial charge >= 0.3 is 11.3 Å². The summed E-state index contributed by atoms with van der Waals surface area (Å²) in [7, 11) is 1.19. The van der Waals surface area contributed by atoms with Gasteiger partial charge in [-0.15, -0.1) is 0 Å². The highest BCUT2D eigenvalue weighted by Gasteiger charge is 2.25. The van der Waals surface area contributed by atoms with Crippen LogP contribution in [-0.2, 0) is 0 Å². The highest BCUT2D eigenvalue weighted by Crippen LogP contribution is 2.41. The van der Waals surface area contributed by atoms with Crippen molar-refractivity contribution < 1.29 is 19.2 Å². The van der Waals surface area contributed by atoms with E-state index in [4.69, 9.17) is 9.15 Å². The molecule has 0 amide bonds. The van der Waals surface area contributed by atoms with Crippen molar-refractivity contribution in [3.05, 3.63) is 38.7 Å². The Kier molecular flexibility index (Phi) is 2.43. The van der Waals surface area contributed by atoms with Crippen molar-refractivity contribution in [1.82, 2.24) is 0 Å². The summed E-state index contributed by atoms with van der Waals surface area (Å²) in [5.41, 5.74) is -1.35. The van der Waals surface area contributed by atoms with E-state index >= 15 is 0 Å². The van der Waals surface area contributed by atoms with Gasteiger partial charge in [-0.25, -0.2) is 4.79 Å². The minimum absolute atomic E-state index is 0.0653. The Bertz CT molecular complexity index is 660. The van der Waals surface area contributed by atoms with Crippen LogP contribution in [-0.4, -0.2) is 17.1 Å². The normalized spacial score (nSPS) is 10.4. The number of phenolic OH excluding ortho intramolecular Hbond substituents is 1. The first-order valence-electron chi connectivity index (χ1n) is 4.53. The number of rotatable bonds is 2. The SMILES string of the molecule is COc1c([N+](=O)[O-])c(O)cc2ccc(=O)oc12. The van der Waals surface area contributed by atoms with Crippen LogP contribution in [0.5, 0.6) is 11.5 Å². The van der Waals surface area contributed by atoms with Gasteiger partial charge in [-0.2, -0.15) is 0 Å². The first-order chi connectivity index (χ1) is 8.04. The lowest BCUT2D eigenvalue weighted by Gasteiger charge is -2.05. The summed E-state index contributed by atoms with van der Waals surface area (Å²) in [5, 5.41) is 20.6. The van der Waals surface area contributed by atoms with Gasteiger partial charge in [0.05, 0.1) is 12.0 Å². The van der Waals surface area contributed by atoms with Gasteiger partial charge in [-0.3, -0.25) is 10.1 Å². The van der Waals surface area contributed by atoms with Crippen molar-refractivity contribution in [2.75, 3.05) is 7.11 Å². The van der Waals surface area contributed by atoms with E-state index in [9.17, 15) is 20.0 Å². The molecule has 0 atom stereocenters. The molecule has 0 aliphatic heterocycles. The van der Waals surface area contributed by atoms with Crippen LogP contribution in [0.3, 0.4) is 0 Å². The van der Waals surface area contributed by atoms with Crippen molar-refractivity contribution >= 4 is 16.7 Å². The molecule has 7 nitrogen and oxygen atoms in total. The third-order valence-electron chi connectivity index (χ3n) is 2.21. The summed E-state index contributed by atoms with van der Waals surface area (Å²) in [6.45, 7) is 0. The molecule has 17 heavy (non-hydrogen) atoms. The molecule has 0 saturated heterocycles. The standard InChI is InChI=1S/C10H7NO6/c1-16-10-8(11(14)15)6(12)4-5-2-3-7(13)17-9(5)10/h2-4,12H,1H3. The summed E-state index contributed by atoms with van der Waals surface area (Å²) in [6.07, 6.45) is 0. The number of methoxy groups -OCH3 is 1. The molecule has 0 aliphatic carbocycles. The van der Waals surface area contributed by atoms with Crippen molar-refractivity contribution in [3.63, 3.8) is 0 Å². The van der Waals surface area contributed by atoms with Crippen LogP contribution < -0.4 is 10.4 Å². The largest absolute Gasteiger partial charge is 0.502 e. The number of hydrogen-bond acceptors (Lipinski definition) is 6. The number of phenols is 1. The Morgan fingerprint density at radius 3 is 2.76 bits per heavy atom. The molecule has 0 unspecified atom stereocenters. The van der Waals surface area contributed by atoms with Gasteiger partial charge in [0.15, 0.2) is 11.3 Å². The summed E-state index contributed by atoms with van der Waals surface area (Å²) >= 11 is 0. The first kappa shape index (κ1) is 10.9. The molecule has 0 aliphatic rings. The maximum atomic E-state index is 11.1. The minimum atomic E-state index is -0.805. The smallest absolute Gasteiger partial charge is 0.356 e. The van der Waals surface area contributed by atoms with Crippen LogP contribution in [0.2, 0.25) is 0 Å². The fourth-order valence-corrected chi connectivity index (χ4v) is 1.52. The summed E-state index contributed by atoms with van der Waals surface area (Å²) < 4.78 is 9.65. The highest BCUT2D eigenvalue weighted by atomic mass is 16.6. The lowest BCUT2D eigenvalue weighted by Crippen LogP contribution is -1.99. The first-order valence-corrected chi connectivity index (χ1v) is 4.53. The fraction of sp³-hybridized carbons (Fsp3) is 0.100. The molecule has 2 aromatic rings. The number of nitrogens with zero attached hydrogens (tertiary/aromatic N) is 1. The van der Waals surface area contributed by atoms with Crippen molar-refractivity contribution in [1.29, 1.82) is 0 Å². The molecule has 0 spiro atoms. The van der Waals surface area contributed by atoms with E-state index in [1.807, 2.05) is 0 Å².